The third kappa shape index (κ3) is 4.62. The number of nitrogens with zero attached hydrogens (tertiary/aromatic N) is 2. The van der Waals surface area contributed by atoms with Crippen molar-refractivity contribution in [3.05, 3.63) is 112 Å². The zero-order valence-corrected chi connectivity index (χ0v) is 19.2. The van der Waals surface area contributed by atoms with Crippen molar-refractivity contribution in [1.29, 1.82) is 0 Å². The Balaban J connectivity index is 1.46. The Morgan fingerprint density at radius 3 is 2.48 bits per heavy atom. The van der Waals surface area contributed by atoms with E-state index >= 15 is 0 Å². The van der Waals surface area contributed by atoms with E-state index in [1.807, 2.05) is 72.8 Å². The van der Waals surface area contributed by atoms with Crippen LogP contribution in [0.15, 0.2) is 91.0 Å². The van der Waals surface area contributed by atoms with Gasteiger partial charge in [0.15, 0.2) is 5.82 Å². The summed E-state index contributed by atoms with van der Waals surface area (Å²) in [6.07, 6.45) is 0. The molecule has 0 saturated heterocycles. The van der Waals surface area contributed by atoms with Crippen molar-refractivity contribution in [1.82, 2.24) is 14.9 Å². The maximum atomic E-state index is 6.24. The molecule has 0 aliphatic rings. The first-order valence-electron chi connectivity index (χ1n) is 10.5. The van der Waals surface area contributed by atoms with Crippen LogP contribution in [0.1, 0.15) is 11.1 Å². The van der Waals surface area contributed by atoms with Crippen LogP contribution in [0.2, 0.25) is 5.02 Å². The van der Waals surface area contributed by atoms with Gasteiger partial charge in [0.1, 0.15) is 12.4 Å². The Kier molecular flexibility index (Phi) is 6.11. The van der Waals surface area contributed by atoms with E-state index in [4.69, 9.17) is 28.6 Å². The maximum Gasteiger partial charge on any atom is 0.214 e. The number of aromatic nitrogens is 3. The van der Waals surface area contributed by atoms with E-state index < -0.39 is 0 Å². The molecular weight excluding hydrogens is 452 g/mol. The van der Waals surface area contributed by atoms with E-state index in [2.05, 4.69) is 33.8 Å². The number of halogens is 1. The second-order valence-corrected chi connectivity index (χ2v) is 8.39. The first-order valence-corrected chi connectivity index (χ1v) is 11.3. The summed E-state index contributed by atoms with van der Waals surface area (Å²) in [6, 6.07) is 30.0. The van der Waals surface area contributed by atoms with Gasteiger partial charge >= 0.3 is 0 Å². The van der Waals surface area contributed by atoms with E-state index in [0.29, 0.717) is 22.9 Å². The summed E-state index contributed by atoms with van der Waals surface area (Å²) in [6.45, 7) is 0.952. The number of hydrogen-bond donors (Lipinski definition) is 2. The molecule has 0 saturated carbocycles. The lowest BCUT2D eigenvalue weighted by molar-refractivity contribution is 0.303. The van der Waals surface area contributed by atoms with E-state index in [1.165, 1.54) is 0 Å². The third-order valence-electron chi connectivity index (χ3n) is 5.42. The molecule has 2 N–H and O–H groups in total. The van der Waals surface area contributed by atoms with Crippen molar-refractivity contribution in [2.24, 2.45) is 0 Å². The molecule has 0 spiro atoms. The number of benzene rings is 4. The lowest BCUT2D eigenvalue weighted by Crippen LogP contribution is -2.17. The zero-order chi connectivity index (χ0) is 22.6. The Hall–Kier alpha value is -3.61. The van der Waals surface area contributed by atoms with Gasteiger partial charge in [-0.3, -0.25) is 0 Å². The van der Waals surface area contributed by atoms with Gasteiger partial charge in [-0.1, -0.05) is 84.4 Å². The topological polar surface area (TPSA) is 54.9 Å². The van der Waals surface area contributed by atoms with Crippen LogP contribution >= 0.6 is 23.8 Å². The number of aromatic amines is 1. The van der Waals surface area contributed by atoms with E-state index in [9.17, 15) is 0 Å². The fourth-order valence-electron chi connectivity index (χ4n) is 3.76. The summed E-state index contributed by atoms with van der Waals surface area (Å²) in [5.41, 5.74) is 6.50. The second kappa shape index (κ2) is 9.48. The number of H-pyrrole nitrogens is 1. The minimum Gasteiger partial charge on any atom is -0.489 e. The molecule has 164 valence electrons. The normalized spacial score (nSPS) is 10.9. The lowest BCUT2D eigenvalue weighted by atomic mass is 10.0. The highest BCUT2D eigenvalue weighted by Gasteiger charge is 2.13. The number of ether oxygens (including phenoxy) is 1. The largest absolute Gasteiger partial charge is 0.489 e. The summed E-state index contributed by atoms with van der Waals surface area (Å²) < 4.78 is 8.54. The van der Waals surface area contributed by atoms with Crippen LogP contribution in [0.4, 0.5) is 0 Å². The Morgan fingerprint density at radius 1 is 0.909 bits per heavy atom. The predicted octanol–water partition coefficient (Wildman–Crippen LogP) is 6.74. The Morgan fingerprint density at radius 2 is 1.67 bits per heavy atom. The van der Waals surface area contributed by atoms with Gasteiger partial charge in [0.05, 0.1) is 6.54 Å². The number of rotatable bonds is 7. The molecule has 0 amide bonds. The zero-order valence-electron chi connectivity index (χ0n) is 17.7. The van der Waals surface area contributed by atoms with Crippen LogP contribution in [0.3, 0.4) is 0 Å². The highest BCUT2D eigenvalue weighted by Crippen LogP contribution is 2.29. The van der Waals surface area contributed by atoms with Crippen LogP contribution in [-0.2, 0) is 13.2 Å². The summed E-state index contributed by atoms with van der Waals surface area (Å²) >= 11 is 11.5. The highest BCUT2D eigenvalue weighted by atomic mass is 35.5. The van der Waals surface area contributed by atoms with E-state index in [1.54, 1.807) is 4.68 Å². The van der Waals surface area contributed by atoms with Gasteiger partial charge in [0.25, 0.3) is 0 Å². The van der Waals surface area contributed by atoms with Crippen LogP contribution < -0.4 is 10.2 Å². The molecule has 0 fully saturated rings. The fraction of sp³-hybridized carbons (Fsp3) is 0.0769. The van der Waals surface area contributed by atoms with Crippen molar-refractivity contribution in [3.63, 3.8) is 0 Å². The summed E-state index contributed by atoms with van der Waals surface area (Å²) in [7, 11) is 0. The molecule has 7 heteroatoms. The van der Waals surface area contributed by atoms with Gasteiger partial charge in [-0.25, -0.2) is 9.77 Å². The molecular formula is C26H21ClN4OS. The first kappa shape index (κ1) is 21.2. The molecule has 0 unspecified atom stereocenters. The van der Waals surface area contributed by atoms with E-state index in [-0.39, 0.29) is 0 Å². The van der Waals surface area contributed by atoms with Crippen LogP contribution in [-0.4, -0.2) is 14.9 Å². The Bertz CT molecular complexity index is 1450. The Labute approximate surface area is 201 Å². The van der Waals surface area contributed by atoms with Crippen molar-refractivity contribution < 1.29 is 4.74 Å². The van der Waals surface area contributed by atoms with Gasteiger partial charge in [-0.15, -0.1) is 0 Å². The summed E-state index contributed by atoms with van der Waals surface area (Å²) in [5.74, 6) is 1.54. The molecule has 5 aromatic rings. The molecule has 0 aliphatic carbocycles. The standard InChI is InChI=1S/C26H21ClN4OS/c27-21-13-10-18(11-14-21)17-32-24-15-12-19-6-4-5-9-22(19)23(24)16-28-31-25(29-30-26(31)33)20-7-2-1-3-8-20/h1-15,28H,16-17H2,(H,30,33). The van der Waals surface area contributed by atoms with Crippen LogP contribution in [0, 0.1) is 4.77 Å². The van der Waals surface area contributed by atoms with Crippen molar-refractivity contribution in [2.45, 2.75) is 13.2 Å². The van der Waals surface area contributed by atoms with E-state index in [0.717, 1.165) is 39.0 Å². The molecule has 1 aromatic heterocycles. The van der Waals surface area contributed by atoms with Crippen molar-refractivity contribution in [2.75, 3.05) is 5.43 Å². The first-order chi connectivity index (χ1) is 16.2. The van der Waals surface area contributed by atoms with Gasteiger partial charge in [0, 0.05) is 16.1 Å². The molecule has 0 aliphatic heterocycles. The molecule has 33 heavy (non-hydrogen) atoms. The van der Waals surface area contributed by atoms with Gasteiger partial charge in [0.2, 0.25) is 4.77 Å². The third-order valence-corrected chi connectivity index (χ3v) is 5.95. The van der Waals surface area contributed by atoms with Gasteiger partial charge in [-0.2, -0.15) is 5.10 Å². The molecule has 1 heterocycles. The summed E-state index contributed by atoms with van der Waals surface area (Å²) in [4.78, 5) is 0. The SMILES string of the molecule is S=c1[nH]nc(-c2ccccc2)n1NCc1c(OCc2ccc(Cl)cc2)ccc2ccccc12. The fourth-order valence-corrected chi connectivity index (χ4v) is 4.08. The smallest absolute Gasteiger partial charge is 0.214 e. The number of hydrogen-bond acceptors (Lipinski definition) is 4. The van der Waals surface area contributed by atoms with Gasteiger partial charge < -0.3 is 10.2 Å². The predicted molar refractivity (Wildman–Crippen MR) is 136 cm³/mol. The number of fused-ring (bicyclic) bond motifs is 1. The molecule has 0 bridgehead atoms. The number of nitrogens with one attached hydrogen (secondary N) is 2. The molecule has 0 radical (unpaired) electrons. The summed E-state index contributed by atoms with van der Waals surface area (Å²) in [5, 5.41) is 10.3. The highest BCUT2D eigenvalue weighted by molar-refractivity contribution is 7.71. The van der Waals surface area contributed by atoms with Crippen LogP contribution in [0.25, 0.3) is 22.2 Å². The van der Waals surface area contributed by atoms with Crippen molar-refractivity contribution in [3.8, 4) is 17.1 Å². The lowest BCUT2D eigenvalue weighted by Gasteiger charge is -2.17. The molecule has 5 rings (SSSR count). The van der Waals surface area contributed by atoms with Crippen LogP contribution in [0.5, 0.6) is 5.75 Å². The molecule has 4 aromatic carbocycles. The minimum absolute atomic E-state index is 0.447. The average Bonchev–Trinajstić information content (AvgIpc) is 3.23. The maximum absolute atomic E-state index is 6.24. The molecule has 5 nitrogen and oxygen atoms in total. The second-order valence-electron chi connectivity index (χ2n) is 7.57. The van der Waals surface area contributed by atoms with Crippen molar-refractivity contribution >= 4 is 34.6 Å². The monoisotopic (exact) mass is 472 g/mol. The quantitative estimate of drug-likeness (QED) is 0.258. The average molecular weight is 473 g/mol. The van der Waals surface area contributed by atoms with Gasteiger partial charge in [-0.05, 0) is 46.8 Å². The minimum atomic E-state index is 0.447. The molecule has 0 atom stereocenters.